The molecular formula is C20H21N3OS. The standard InChI is InChI=1S/C20H21N3OS/c1-13-7-8-14(2)17(12-13)23-20(24)19-15(3)22-18(25-19)10-9-16-6-4-5-11-21-16/h4-8,11-12H,9-10H2,1-3H3,(H,23,24). The minimum atomic E-state index is -0.0900. The van der Waals surface area contributed by atoms with Gasteiger partial charge in [-0.2, -0.15) is 0 Å². The monoisotopic (exact) mass is 351 g/mol. The van der Waals surface area contributed by atoms with Crippen LogP contribution in [0.1, 0.15) is 37.2 Å². The first-order valence-corrected chi connectivity index (χ1v) is 9.09. The van der Waals surface area contributed by atoms with Crippen molar-refractivity contribution in [2.75, 3.05) is 5.32 Å². The van der Waals surface area contributed by atoms with Gasteiger partial charge in [0.2, 0.25) is 0 Å². The van der Waals surface area contributed by atoms with E-state index in [4.69, 9.17) is 0 Å². The first-order chi connectivity index (χ1) is 12.0. The third-order valence-electron chi connectivity index (χ3n) is 4.01. The lowest BCUT2D eigenvalue weighted by Crippen LogP contribution is -2.12. The zero-order valence-electron chi connectivity index (χ0n) is 14.7. The number of anilines is 1. The van der Waals surface area contributed by atoms with Crippen LogP contribution in [0.25, 0.3) is 0 Å². The van der Waals surface area contributed by atoms with Crippen molar-refractivity contribution in [3.05, 3.63) is 75.0 Å². The van der Waals surface area contributed by atoms with Gasteiger partial charge in [0.05, 0.1) is 10.7 Å². The topological polar surface area (TPSA) is 54.9 Å². The first-order valence-electron chi connectivity index (χ1n) is 8.28. The van der Waals surface area contributed by atoms with Crippen LogP contribution in [0, 0.1) is 20.8 Å². The second-order valence-electron chi connectivity index (χ2n) is 6.12. The van der Waals surface area contributed by atoms with Crippen molar-refractivity contribution in [3.63, 3.8) is 0 Å². The fourth-order valence-corrected chi connectivity index (χ4v) is 3.56. The number of hydrogen-bond donors (Lipinski definition) is 1. The largest absolute Gasteiger partial charge is 0.321 e. The molecule has 3 aromatic rings. The maximum atomic E-state index is 12.6. The Morgan fingerprint density at radius 3 is 2.72 bits per heavy atom. The van der Waals surface area contributed by atoms with Gasteiger partial charge in [0.1, 0.15) is 4.88 Å². The summed E-state index contributed by atoms with van der Waals surface area (Å²) >= 11 is 1.47. The molecule has 1 N–H and O–H groups in total. The zero-order valence-corrected chi connectivity index (χ0v) is 15.5. The van der Waals surface area contributed by atoms with Crippen LogP contribution in [0.4, 0.5) is 5.69 Å². The summed E-state index contributed by atoms with van der Waals surface area (Å²) < 4.78 is 0. The lowest BCUT2D eigenvalue weighted by molar-refractivity contribution is 0.102. The van der Waals surface area contributed by atoms with Crippen LogP contribution in [-0.4, -0.2) is 15.9 Å². The van der Waals surface area contributed by atoms with E-state index in [0.29, 0.717) is 4.88 Å². The molecule has 25 heavy (non-hydrogen) atoms. The van der Waals surface area contributed by atoms with E-state index < -0.39 is 0 Å². The number of pyridine rings is 1. The fraction of sp³-hybridized carbons (Fsp3) is 0.250. The van der Waals surface area contributed by atoms with Gasteiger partial charge in [0.25, 0.3) is 5.91 Å². The van der Waals surface area contributed by atoms with Crippen LogP contribution in [0.2, 0.25) is 0 Å². The lowest BCUT2D eigenvalue weighted by Gasteiger charge is -2.08. The predicted octanol–water partition coefficient (Wildman–Crippen LogP) is 4.50. The van der Waals surface area contributed by atoms with E-state index in [1.54, 1.807) is 6.20 Å². The number of carbonyl (C=O) groups is 1. The fourth-order valence-electron chi connectivity index (χ4n) is 2.60. The Labute approximate surface area is 152 Å². The summed E-state index contributed by atoms with van der Waals surface area (Å²) in [5.41, 5.74) is 4.85. The quantitative estimate of drug-likeness (QED) is 0.736. The minimum absolute atomic E-state index is 0.0900. The van der Waals surface area contributed by atoms with Gasteiger partial charge in [0, 0.05) is 24.0 Å². The molecule has 0 unspecified atom stereocenters. The predicted molar refractivity (Wildman–Crippen MR) is 102 cm³/mol. The third kappa shape index (κ3) is 4.31. The average Bonchev–Trinajstić information content (AvgIpc) is 2.98. The summed E-state index contributed by atoms with van der Waals surface area (Å²) in [5, 5.41) is 3.98. The molecule has 128 valence electrons. The highest BCUT2D eigenvalue weighted by Crippen LogP contribution is 2.23. The molecule has 5 heteroatoms. The number of carbonyl (C=O) groups excluding carboxylic acids is 1. The molecule has 0 aliphatic heterocycles. The Morgan fingerprint density at radius 2 is 1.96 bits per heavy atom. The number of aromatic nitrogens is 2. The molecular weight excluding hydrogens is 330 g/mol. The SMILES string of the molecule is Cc1ccc(C)c(NC(=O)c2sc(CCc3ccccn3)nc2C)c1. The van der Waals surface area contributed by atoms with Crippen molar-refractivity contribution < 1.29 is 4.79 Å². The lowest BCUT2D eigenvalue weighted by atomic mass is 10.1. The van der Waals surface area contributed by atoms with Crippen LogP contribution >= 0.6 is 11.3 Å². The molecule has 0 aliphatic rings. The van der Waals surface area contributed by atoms with Gasteiger partial charge < -0.3 is 5.32 Å². The molecule has 3 rings (SSSR count). The molecule has 2 aromatic heterocycles. The summed E-state index contributed by atoms with van der Waals surface area (Å²) in [6.45, 7) is 5.90. The van der Waals surface area contributed by atoms with Crippen LogP contribution in [0.5, 0.6) is 0 Å². The second kappa shape index (κ2) is 7.57. The number of benzene rings is 1. The molecule has 4 nitrogen and oxygen atoms in total. The molecule has 0 saturated heterocycles. The summed E-state index contributed by atoms with van der Waals surface area (Å²) in [5.74, 6) is -0.0900. The van der Waals surface area contributed by atoms with E-state index in [9.17, 15) is 4.79 Å². The van der Waals surface area contributed by atoms with Crippen LogP contribution in [-0.2, 0) is 12.8 Å². The van der Waals surface area contributed by atoms with Gasteiger partial charge in [-0.05, 0) is 56.5 Å². The van der Waals surface area contributed by atoms with Crippen molar-refractivity contribution in [2.24, 2.45) is 0 Å². The summed E-state index contributed by atoms with van der Waals surface area (Å²) in [4.78, 5) is 22.2. The minimum Gasteiger partial charge on any atom is -0.321 e. The molecule has 2 heterocycles. The number of rotatable bonds is 5. The molecule has 0 fully saturated rings. The summed E-state index contributed by atoms with van der Waals surface area (Å²) in [6, 6.07) is 12.0. The van der Waals surface area contributed by atoms with Crippen molar-refractivity contribution in [3.8, 4) is 0 Å². The van der Waals surface area contributed by atoms with Gasteiger partial charge >= 0.3 is 0 Å². The van der Waals surface area contributed by atoms with E-state index in [0.717, 1.165) is 46.1 Å². The van der Waals surface area contributed by atoms with Crippen molar-refractivity contribution in [1.29, 1.82) is 0 Å². The number of thiazole rings is 1. The van der Waals surface area contributed by atoms with Crippen LogP contribution < -0.4 is 5.32 Å². The molecule has 0 spiro atoms. The van der Waals surface area contributed by atoms with Gasteiger partial charge in [-0.1, -0.05) is 18.2 Å². The summed E-state index contributed by atoms with van der Waals surface area (Å²) in [6.07, 6.45) is 3.41. The number of nitrogens with one attached hydrogen (secondary N) is 1. The molecule has 0 bridgehead atoms. The Hall–Kier alpha value is -2.53. The highest BCUT2D eigenvalue weighted by Gasteiger charge is 2.16. The Morgan fingerprint density at radius 1 is 1.12 bits per heavy atom. The molecule has 0 saturated carbocycles. The van der Waals surface area contributed by atoms with Gasteiger partial charge in [-0.15, -0.1) is 11.3 Å². The van der Waals surface area contributed by atoms with Gasteiger partial charge in [-0.3, -0.25) is 9.78 Å². The van der Waals surface area contributed by atoms with E-state index in [2.05, 4.69) is 15.3 Å². The highest BCUT2D eigenvalue weighted by molar-refractivity contribution is 7.13. The Balaban J connectivity index is 1.71. The highest BCUT2D eigenvalue weighted by atomic mass is 32.1. The summed E-state index contributed by atoms with van der Waals surface area (Å²) in [7, 11) is 0. The molecule has 0 aliphatic carbocycles. The zero-order chi connectivity index (χ0) is 17.8. The van der Waals surface area contributed by atoms with E-state index in [1.165, 1.54) is 11.3 Å². The Bertz CT molecular complexity index is 887. The number of nitrogens with zero attached hydrogens (tertiary/aromatic N) is 2. The van der Waals surface area contributed by atoms with E-state index >= 15 is 0 Å². The van der Waals surface area contributed by atoms with E-state index in [-0.39, 0.29) is 5.91 Å². The molecule has 1 aromatic carbocycles. The second-order valence-corrected chi connectivity index (χ2v) is 7.20. The van der Waals surface area contributed by atoms with Crippen LogP contribution in [0.15, 0.2) is 42.6 Å². The van der Waals surface area contributed by atoms with Gasteiger partial charge in [-0.25, -0.2) is 4.98 Å². The molecule has 1 amide bonds. The van der Waals surface area contributed by atoms with E-state index in [1.807, 2.05) is 57.2 Å². The maximum Gasteiger partial charge on any atom is 0.267 e. The van der Waals surface area contributed by atoms with Crippen LogP contribution in [0.3, 0.4) is 0 Å². The van der Waals surface area contributed by atoms with Gasteiger partial charge in [0.15, 0.2) is 0 Å². The molecule has 0 atom stereocenters. The normalized spacial score (nSPS) is 10.7. The number of hydrogen-bond acceptors (Lipinski definition) is 4. The number of amides is 1. The van der Waals surface area contributed by atoms with Crippen molar-refractivity contribution in [1.82, 2.24) is 9.97 Å². The smallest absolute Gasteiger partial charge is 0.267 e. The molecule has 0 radical (unpaired) electrons. The van der Waals surface area contributed by atoms with Crippen molar-refractivity contribution >= 4 is 22.9 Å². The first kappa shape index (κ1) is 17.3. The Kier molecular flexibility index (Phi) is 5.24. The maximum absolute atomic E-state index is 12.6. The third-order valence-corrected chi connectivity index (χ3v) is 5.23. The average molecular weight is 351 g/mol. The van der Waals surface area contributed by atoms with Crippen molar-refractivity contribution in [2.45, 2.75) is 33.6 Å². The number of aryl methyl sites for hydroxylation is 5.